The van der Waals surface area contributed by atoms with Crippen molar-refractivity contribution in [3.8, 4) is 11.6 Å². The lowest BCUT2D eigenvalue weighted by atomic mass is 10.1. The molecule has 3 rings (SSSR count). The van der Waals surface area contributed by atoms with Gasteiger partial charge in [0, 0.05) is 32.2 Å². The van der Waals surface area contributed by atoms with Gasteiger partial charge in [0.1, 0.15) is 0 Å². The van der Waals surface area contributed by atoms with Crippen LogP contribution in [0.25, 0.3) is 5.69 Å². The molecule has 2 aromatic rings. The van der Waals surface area contributed by atoms with Crippen LogP contribution in [-0.2, 0) is 9.59 Å². The predicted octanol–water partition coefficient (Wildman–Crippen LogP) is 0.0264. The van der Waals surface area contributed by atoms with Gasteiger partial charge in [-0.15, -0.1) is 0 Å². The molecule has 1 atom stereocenters. The first-order valence-electron chi connectivity index (χ1n) is 9.26. The predicted molar refractivity (Wildman–Crippen MR) is 104 cm³/mol. The molecule has 10 nitrogen and oxygen atoms in total. The summed E-state index contributed by atoms with van der Waals surface area (Å²) in [6.07, 6.45) is -0.722. The Morgan fingerprint density at radius 3 is 2.34 bits per heavy atom. The van der Waals surface area contributed by atoms with Crippen LogP contribution in [0.3, 0.4) is 0 Å². The summed E-state index contributed by atoms with van der Waals surface area (Å²) in [6.45, 7) is 3.02. The van der Waals surface area contributed by atoms with Crippen molar-refractivity contribution in [2.24, 2.45) is 11.5 Å². The van der Waals surface area contributed by atoms with E-state index < -0.39 is 18.0 Å². The van der Waals surface area contributed by atoms with Crippen LogP contribution < -0.4 is 16.2 Å². The number of ether oxygens (including phenoxy) is 1. The first kappa shape index (κ1) is 20.3. The van der Waals surface area contributed by atoms with E-state index >= 15 is 0 Å². The number of carbonyl (C=O) groups excluding carboxylic acids is 3. The Morgan fingerprint density at radius 1 is 1.10 bits per heavy atom. The average Bonchev–Trinajstić information content (AvgIpc) is 3.07. The van der Waals surface area contributed by atoms with Crippen molar-refractivity contribution in [2.45, 2.75) is 19.4 Å². The number of para-hydroxylation sites is 1. The maximum atomic E-state index is 12.6. The molecular weight excluding hydrogens is 376 g/mol. The molecule has 10 heteroatoms. The SMILES string of the molecule is Cc1cc(OC(=O)N2CCN(C(=O)C(N)CC(N)=O)CC2)n(-c2ccccc2)n1. The van der Waals surface area contributed by atoms with Gasteiger partial charge in [0.25, 0.3) is 0 Å². The minimum Gasteiger partial charge on any atom is -0.391 e. The van der Waals surface area contributed by atoms with Gasteiger partial charge >= 0.3 is 6.09 Å². The molecule has 1 fully saturated rings. The van der Waals surface area contributed by atoms with Crippen molar-refractivity contribution in [1.82, 2.24) is 19.6 Å². The van der Waals surface area contributed by atoms with Gasteiger partial charge in [-0.3, -0.25) is 9.59 Å². The van der Waals surface area contributed by atoms with Crippen molar-refractivity contribution in [3.63, 3.8) is 0 Å². The normalized spacial score (nSPS) is 15.1. The standard InChI is InChI=1S/C19H24N6O4/c1-13-11-17(25(22-13)14-5-3-2-4-6-14)29-19(28)24-9-7-23(8-10-24)18(27)15(20)12-16(21)26/h2-6,11,15H,7-10,12,20H2,1H3,(H2,21,26). The molecule has 1 aromatic carbocycles. The number of hydrogen-bond donors (Lipinski definition) is 2. The Hall–Kier alpha value is -3.40. The zero-order chi connectivity index (χ0) is 21.0. The molecule has 3 amide bonds. The van der Waals surface area contributed by atoms with Crippen molar-refractivity contribution in [2.75, 3.05) is 26.2 Å². The number of benzene rings is 1. The Kier molecular flexibility index (Phi) is 6.13. The number of nitrogens with two attached hydrogens (primary N) is 2. The molecule has 1 aliphatic rings. The highest BCUT2D eigenvalue weighted by molar-refractivity contribution is 5.87. The minimum atomic E-state index is -0.964. The fourth-order valence-electron chi connectivity index (χ4n) is 3.10. The van der Waals surface area contributed by atoms with Gasteiger partial charge in [-0.25, -0.2) is 9.48 Å². The van der Waals surface area contributed by atoms with Crippen molar-refractivity contribution in [1.29, 1.82) is 0 Å². The molecule has 2 heterocycles. The molecule has 1 aliphatic heterocycles. The van der Waals surface area contributed by atoms with Crippen LogP contribution in [0.5, 0.6) is 5.88 Å². The maximum absolute atomic E-state index is 12.6. The second-order valence-electron chi connectivity index (χ2n) is 6.83. The van der Waals surface area contributed by atoms with Crippen molar-refractivity contribution in [3.05, 3.63) is 42.1 Å². The van der Waals surface area contributed by atoms with E-state index in [0.29, 0.717) is 32.1 Å². The Labute approximate surface area is 168 Å². The van der Waals surface area contributed by atoms with Crippen molar-refractivity contribution >= 4 is 17.9 Å². The van der Waals surface area contributed by atoms with Crippen LogP contribution in [0, 0.1) is 6.92 Å². The van der Waals surface area contributed by atoms with Crippen LogP contribution in [0.15, 0.2) is 36.4 Å². The average molecular weight is 400 g/mol. The zero-order valence-corrected chi connectivity index (χ0v) is 16.2. The third-order valence-electron chi connectivity index (χ3n) is 4.58. The van der Waals surface area contributed by atoms with Gasteiger partial charge in [0.05, 0.1) is 23.8 Å². The van der Waals surface area contributed by atoms with E-state index in [1.165, 1.54) is 9.80 Å². The summed E-state index contributed by atoms with van der Waals surface area (Å²) >= 11 is 0. The van der Waals surface area contributed by atoms with Crippen LogP contribution >= 0.6 is 0 Å². The van der Waals surface area contributed by atoms with Crippen LogP contribution in [-0.4, -0.2) is 69.7 Å². The van der Waals surface area contributed by atoms with Crippen molar-refractivity contribution < 1.29 is 19.1 Å². The molecule has 0 aliphatic carbocycles. The number of hydrogen-bond acceptors (Lipinski definition) is 6. The largest absolute Gasteiger partial charge is 0.416 e. The summed E-state index contributed by atoms with van der Waals surface area (Å²) in [5.41, 5.74) is 12.3. The molecule has 0 saturated carbocycles. The summed E-state index contributed by atoms with van der Waals surface area (Å²) in [6, 6.07) is 10.1. The maximum Gasteiger partial charge on any atom is 0.416 e. The second-order valence-corrected chi connectivity index (χ2v) is 6.83. The Balaban J connectivity index is 1.60. The smallest absolute Gasteiger partial charge is 0.391 e. The van der Waals surface area contributed by atoms with Gasteiger partial charge < -0.3 is 26.0 Å². The second kappa shape index (κ2) is 8.74. The minimum absolute atomic E-state index is 0.204. The Bertz CT molecular complexity index is 889. The number of aryl methyl sites for hydroxylation is 1. The number of nitrogens with zero attached hydrogens (tertiary/aromatic N) is 4. The Morgan fingerprint density at radius 2 is 1.72 bits per heavy atom. The molecular formula is C19H24N6O4. The highest BCUT2D eigenvalue weighted by atomic mass is 16.6. The van der Waals surface area contributed by atoms with Gasteiger partial charge in [-0.2, -0.15) is 5.10 Å². The van der Waals surface area contributed by atoms with E-state index in [1.807, 2.05) is 37.3 Å². The number of carbonyl (C=O) groups is 3. The van der Waals surface area contributed by atoms with Gasteiger partial charge in [-0.1, -0.05) is 18.2 Å². The summed E-state index contributed by atoms with van der Waals surface area (Å²) in [5.74, 6) is -0.659. The summed E-state index contributed by atoms with van der Waals surface area (Å²) < 4.78 is 7.12. The third-order valence-corrected chi connectivity index (χ3v) is 4.58. The molecule has 0 bridgehead atoms. The van der Waals surface area contributed by atoms with Gasteiger partial charge in [0.15, 0.2) is 0 Å². The summed E-state index contributed by atoms with van der Waals surface area (Å²) in [7, 11) is 0. The lowest BCUT2D eigenvalue weighted by Gasteiger charge is -2.35. The molecule has 154 valence electrons. The highest BCUT2D eigenvalue weighted by Crippen LogP contribution is 2.20. The quantitative estimate of drug-likeness (QED) is 0.726. The topological polar surface area (TPSA) is 137 Å². The van der Waals surface area contributed by atoms with Crippen LogP contribution in [0.2, 0.25) is 0 Å². The number of aromatic nitrogens is 2. The molecule has 1 saturated heterocycles. The van der Waals surface area contributed by atoms with Crippen LogP contribution in [0.4, 0.5) is 4.79 Å². The fraction of sp³-hybridized carbons (Fsp3) is 0.368. The number of amides is 3. The lowest BCUT2D eigenvalue weighted by Crippen LogP contribution is -2.55. The summed E-state index contributed by atoms with van der Waals surface area (Å²) in [4.78, 5) is 38.8. The van der Waals surface area contributed by atoms with E-state index in [1.54, 1.807) is 10.7 Å². The van der Waals surface area contributed by atoms with Crippen LogP contribution in [0.1, 0.15) is 12.1 Å². The molecule has 0 spiro atoms. The third kappa shape index (κ3) is 4.91. The number of rotatable bonds is 5. The van der Waals surface area contributed by atoms with E-state index in [-0.39, 0.29) is 12.3 Å². The van der Waals surface area contributed by atoms with E-state index in [9.17, 15) is 14.4 Å². The van der Waals surface area contributed by atoms with Gasteiger partial charge in [-0.05, 0) is 19.1 Å². The summed E-state index contributed by atoms with van der Waals surface area (Å²) in [5, 5.41) is 4.37. The molecule has 4 N–H and O–H groups in total. The molecule has 1 aromatic heterocycles. The molecule has 0 radical (unpaired) electrons. The first-order valence-corrected chi connectivity index (χ1v) is 9.26. The van der Waals surface area contributed by atoms with E-state index in [2.05, 4.69) is 5.10 Å². The van der Waals surface area contributed by atoms with E-state index in [0.717, 1.165) is 11.4 Å². The van der Waals surface area contributed by atoms with E-state index in [4.69, 9.17) is 16.2 Å². The fourth-order valence-corrected chi connectivity index (χ4v) is 3.10. The molecule has 1 unspecified atom stereocenters. The lowest BCUT2D eigenvalue weighted by molar-refractivity contribution is -0.136. The number of primary amides is 1. The zero-order valence-electron chi connectivity index (χ0n) is 16.2. The highest BCUT2D eigenvalue weighted by Gasteiger charge is 2.29. The molecule has 29 heavy (non-hydrogen) atoms. The monoisotopic (exact) mass is 400 g/mol. The first-order chi connectivity index (χ1) is 13.8. The number of piperazine rings is 1. The van der Waals surface area contributed by atoms with Gasteiger partial charge in [0.2, 0.25) is 17.7 Å².